The maximum Gasteiger partial charge on any atom is 0.252 e. The van der Waals surface area contributed by atoms with Crippen LogP contribution in [-0.4, -0.2) is 36.4 Å². The minimum absolute atomic E-state index is 0.0860. The summed E-state index contributed by atoms with van der Waals surface area (Å²) in [5, 5.41) is 3.64. The SMILES string of the molecule is CN(C)C(CNC(=O)c1cccnc1)c1ccc(Cl)cc1. The maximum atomic E-state index is 12.1. The Hall–Kier alpha value is -1.91. The first-order valence-electron chi connectivity index (χ1n) is 6.68. The van der Waals surface area contributed by atoms with Gasteiger partial charge in [-0.05, 0) is 43.9 Å². The van der Waals surface area contributed by atoms with Crippen LogP contribution in [0.25, 0.3) is 0 Å². The van der Waals surface area contributed by atoms with Gasteiger partial charge in [0.25, 0.3) is 5.91 Å². The molecule has 1 heterocycles. The Bertz CT molecular complexity index is 584. The standard InChI is InChI=1S/C16H18ClN3O/c1-20(2)15(12-5-7-14(17)8-6-12)11-19-16(21)13-4-3-9-18-10-13/h3-10,15H,11H2,1-2H3,(H,19,21). The van der Waals surface area contributed by atoms with Crippen molar-refractivity contribution in [2.75, 3.05) is 20.6 Å². The molecule has 0 aliphatic carbocycles. The van der Waals surface area contributed by atoms with Crippen LogP contribution < -0.4 is 5.32 Å². The number of carbonyl (C=O) groups excluding carboxylic acids is 1. The number of likely N-dealkylation sites (N-methyl/N-ethyl adjacent to an activating group) is 1. The van der Waals surface area contributed by atoms with E-state index < -0.39 is 0 Å². The summed E-state index contributed by atoms with van der Waals surface area (Å²) >= 11 is 5.91. The van der Waals surface area contributed by atoms with E-state index in [1.54, 1.807) is 24.5 Å². The molecular formula is C16H18ClN3O. The van der Waals surface area contributed by atoms with Gasteiger partial charge in [0.15, 0.2) is 0 Å². The van der Waals surface area contributed by atoms with Crippen LogP contribution >= 0.6 is 11.6 Å². The van der Waals surface area contributed by atoms with E-state index in [1.165, 1.54) is 0 Å². The summed E-state index contributed by atoms with van der Waals surface area (Å²) in [5.41, 5.74) is 1.67. The normalized spacial score (nSPS) is 12.2. The molecular weight excluding hydrogens is 286 g/mol. The number of nitrogens with one attached hydrogen (secondary N) is 1. The molecule has 1 unspecified atom stereocenters. The molecule has 2 aromatic rings. The maximum absolute atomic E-state index is 12.1. The molecule has 4 nitrogen and oxygen atoms in total. The van der Waals surface area contributed by atoms with Gasteiger partial charge in [0.05, 0.1) is 11.6 Å². The fourth-order valence-corrected chi connectivity index (χ4v) is 2.20. The molecule has 1 N–H and O–H groups in total. The molecule has 0 saturated heterocycles. The Morgan fingerprint density at radius 1 is 1.29 bits per heavy atom. The molecule has 0 radical (unpaired) electrons. The number of nitrogens with zero attached hydrogens (tertiary/aromatic N) is 2. The number of rotatable bonds is 5. The molecule has 5 heteroatoms. The van der Waals surface area contributed by atoms with Gasteiger partial charge in [-0.15, -0.1) is 0 Å². The summed E-state index contributed by atoms with van der Waals surface area (Å²) in [7, 11) is 3.96. The van der Waals surface area contributed by atoms with Crippen molar-refractivity contribution in [3.05, 3.63) is 64.9 Å². The average molecular weight is 304 g/mol. The molecule has 0 bridgehead atoms. The van der Waals surface area contributed by atoms with Crippen LogP contribution in [-0.2, 0) is 0 Å². The molecule has 1 atom stereocenters. The van der Waals surface area contributed by atoms with Gasteiger partial charge in [-0.25, -0.2) is 0 Å². The lowest BCUT2D eigenvalue weighted by Gasteiger charge is -2.25. The number of hydrogen-bond donors (Lipinski definition) is 1. The number of hydrogen-bond acceptors (Lipinski definition) is 3. The lowest BCUT2D eigenvalue weighted by Crippen LogP contribution is -2.34. The van der Waals surface area contributed by atoms with Crippen molar-refractivity contribution in [1.29, 1.82) is 0 Å². The lowest BCUT2D eigenvalue weighted by atomic mass is 10.1. The molecule has 1 aromatic carbocycles. The first-order valence-corrected chi connectivity index (χ1v) is 7.06. The van der Waals surface area contributed by atoms with Gasteiger partial charge in [-0.2, -0.15) is 0 Å². The highest BCUT2D eigenvalue weighted by atomic mass is 35.5. The Morgan fingerprint density at radius 3 is 2.57 bits per heavy atom. The van der Waals surface area contributed by atoms with Crippen molar-refractivity contribution in [3.63, 3.8) is 0 Å². The quantitative estimate of drug-likeness (QED) is 0.924. The first kappa shape index (κ1) is 15.5. The monoisotopic (exact) mass is 303 g/mol. The summed E-state index contributed by atoms with van der Waals surface area (Å²) in [6, 6.07) is 11.2. The predicted octanol–water partition coefficient (Wildman–Crippen LogP) is 2.77. The van der Waals surface area contributed by atoms with Crippen LogP contribution in [0.4, 0.5) is 0 Å². The van der Waals surface area contributed by atoms with Gasteiger partial charge in [0.2, 0.25) is 0 Å². The van der Waals surface area contributed by atoms with E-state index in [0.29, 0.717) is 17.1 Å². The first-order chi connectivity index (χ1) is 10.1. The fourth-order valence-electron chi connectivity index (χ4n) is 2.07. The third kappa shape index (κ3) is 4.28. The molecule has 110 valence electrons. The highest BCUT2D eigenvalue weighted by molar-refractivity contribution is 6.30. The van der Waals surface area contributed by atoms with Crippen LogP contribution in [0.2, 0.25) is 5.02 Å². The topological polar surface area (TPSA) is 45.2 Å². The van der Waals surface area contributed by atoms with E-state index >= 15 is 0 Å². The van der Waals surface area contributed by atoms with E-state index in [1.807, 2.05) is 38.4 Å². The predicted molar refractivity (Wildman–Crippen MR) is 84.5 cm³/mol. The van der Waals surface area contributed by atoms with Crippen LogP contribution in [0.3, 0.4) is 0 Å². The van der Waals surface area contributed by atoms with Crippen molar-refractivity contribution < 1.29 is 4.79 Å². The molecule has 2 rings (SSSR count). The molecule has 0 aliphatic rings. The highest BCUT2D eigenvalue weighted by Crippen LogP contribution is 2.19. The molecule has 0 spiro atoms. The Labute approximate surface area is 129 Å². The number of aromatic nitrogens is 1. The summed E-state index contributed by atoms with van der Waals surface area (Å²) in [5.74, 6) is -0.121. The molecule has 1 amide bonds. The van der Waals surface area contributed by atoms with Crippen molar-refractivity contribution >= 4 is 17.5 Å². The van der Waals surface area contributed by atoms with E-state index in [2.05, 4.69) is 15.2 Å². The number of halogens is 1. The van der Waals surface area contributed by atoms with E-state index in [4.69, 9.17) is 11.6 Å². The van der Waals surface area contributed by atoms with Gasteiger partial charge in [0.1, 0.15) is 0 Å². The van der Waals surface area contributed by atoms with Crippen molar-refractivity contribution in [2.24, 2.45) is 0 Å². The second kappa shape index (κ2) is 7.20. The minimum Gasteiger partial charge on any atom is -0.350 e. The molecule has 0 aliphatic heterocycles. The number of pyridine rings is 1. The summed E-state index contributed by atoms with van der Waals surface area (Å²) < 4.78 is 0. The lowest BCUT2D eigenvalue weighted by molar-refractivity contribution is 0.0941. The Morgan fingerprint density at radius 2 is 2.00 bits per heavy atom. The van der Waals surface area contributed by atoms with Gasteiger partial charge in [-0.3, -0.25) is 9.78 Å². The van der Waals surface area contributed by atoms with Crippen LogP contribution in [0, 0.1) is 0 Å². The molecule has 0 saturated carbocycles. The van der Waals surface area contributed by atoms with Crippen LogP contribution in [0.1, 0.15) is 22.0 Å². The van der Waals surface area contributed by atoms with Crippen molar-refractivity contribution in [1.82, 2.24) is 15.2 Å². The molecule has 21 heavy (non-hydrogen) atoms. The number of benzene rings is 1. The third-order valence-corrected chi connectivity index (χ3v) is 3.51. The van der Waals surface area contributed by atoms with Crippen LogP contribution in [0.5, 0.6) is 0 Å². The van der Waals surface area contributed by atoms with Crippen molar-refractivity contribution in [2.45, 2.75) is 6.04 Å². The fraction of sp³-hybridized carbons (Fsp3) is 0.250. The smallest absolute Gasteiger partial charge is 0.252 e. The summed E-state index contributed by atoms with van der Waals surface area (Å²) in [6.45, 7) is 0.516. The second-order valence-electron chi connectivity index (χ2n) is 4.98. The van der Waals surface area contributed by atoms with Gasteiger partial charge < -0.3 is 10.2 Å². The van der Waals surface area contributed by atoms with Crippen molar-refractivity contribution in [3.8, 4) is 0 Å². The minimum atomic E-state index is -0.121. The number of carbonyl (C=O) groups is 1. The Balaban J connectivity index is 2.04. The van der Waals surface area contributed by atoms with Crippen LogP contribution in [0.15, 0.2) is 48.8 Å². The van der Waals surface area contributed by atoms with Gasteiger partial charge in [0, 0.05) is 24.0 Å². The zero-order valence-corrected chi connectivity index (χ0v) is 12.8. The molecule has 0 fully saturated rings. The Kier molecular flexibility index (Phi) is 5.31. The summed E-state index contributed by atoms with van der Waals surface area (Å²) in [4.78, 5) is 18.1. The third-order valence-electron chi connectivity index (χ3n) is 3.26. The van der Waals surface area contributed by atoms with E-state index in [9.17, 15) is 4.79 Å². The molecule has 1 aromatic heterocycles. The summed E-state index contributed by atoms with van der Waals surface area (Å²) in [6.07, 6.45) is 3.20. The second-order valence-corrected chi connectivity index (χ2v) is 5.42. The van der Waals surface area contributed by atoms with E-state index in [-0.39, 0.29) is 11.9 Å². The average Bonchev–Trinajstić information content (AvgIpc) is 2.49. The largest absolute Gasteiger partial charge is 0.350 e. The highest BCUT2D eigenvalue weighted by Gasteiger charge is 2.15. The zero-order valence-electron chi connectivity index (χ0n) is 12.1. The number of amides is 1. The van der Waals surface area contributed by atoms with Gasteiger partial charge >= 0.3 is 0 Å². The van der Waals surface area contributed by atoms with Gasteiger partial charge in [-0.1, -0.05) is 23.7 Å². The zero-order chi connectivity index (χ0) is 15.2. The van der Waals surface area contributed by atoms with E-state index in [0.717, 1.165) is 5.56 Å².